The van der Waals surface area contributed by atoms with Crippen molar-refractivity contribution in [1.82, 2.24) is 14.8 Å². The minimum absolute atomic E-state index is 0.0450. The summed E-state index contributed by atoms with van der Waals surface area (Å²) < 4.78 is 25.2. The van der Waals surface area contributed by atoms with Gasteiger partial charge in [0.2, 0.25) is 5.91 Å². The Morgan fingerprint density at radius 3 is 2.79 bits per heavy atom. The highest BCUT2D eigenvalue weighted by Gasteiger charge is 2.28. The molecule has 0 spiro atoms. The average Bonchev–Trinajstić information content (AvgIpc) is 3.29. The van der Waals surface area contributed by atoms with Gasteiger partial charge in [-0.1, -0.05) is 30.3 Å². The van der Waals surface area contributed by atoms with Gasteiger partial charge in [0.05, 0.1) is 25.8 Å². The zero-order valence-electron chi connectivity index (χ0n) is 19.2. The lowest BCUT2D eigenvalue weighted by molar-refractivity contribution is -0.133. The first-order valence-electron chi connectivity index (χ1n) is 11.3. The Labute approximate surface area is 194 Å². The van der Waals surface area contributed by atoms with Gasteiger partial charge >= 0.3 is 0 Å². The fourth-order valence-corrected chi connectivity index (χ4v) is 4.25. The number of likely N-dealkylation sites (tertiary alicyclic amines) is 1. The van der Waals surface area contributed by atoms with Gasteiger partial charge in [0.1, 0.15) is 17.3 Å². The molecule has 6 nitrogen and oxygen atoms in total. The van der Waals surface area contributed by atoms with Crippen LogP contribution in [-0.4, -0.2) is 54.5 Å². The van der Waals surface area contributed by atoms with E-state index < -0.39 is 0 Å². The van der Waals surface area contributed by atoms with E-state index in [1.54, 1.807) is 25.4 Å². The third-order valence-corrected chi connectivity index (χ3v) is 6.04. The molecule has 1 fully saturated rings. The summed E-state index contributed by atoms with van der Waals surface area (Å²) in [5, 5.41) is 0. The Morgan fingerprint density at radius 2 is 2.03 bits per heavy atom. The van der Waals surface area contributed by atoms with Crippen LogP contribution in [0, 0.1) is 5.82 Å². The number of methoxy groups -OCH3 is 1. The first-order valence-corrected chi connectivity index (χ1v) is 11.3. The van der Waals surface area contributed by atoms with Crippen LogP contribution in [0.5, 0.6) is 5.75 Å². The molecule has 1 aliphatic heterocycles. The summed E-state index contributed by atoms with van der Waals surface area (Å²) in [7, 11) is 3.49. The maximum Gasteiger partial charge on any atom is 0.236 e. The lowest BCUT2D eigenvalue weighted by atomic mass is 9.98. The summed E-state index contributed by atoms with van der Waals surface area (Å²) in [4.78, 5) is 21.1. The normalized spacial score (nSPS) is 16.2. The second-order valence-corrected chi connectivity index (χ2v) is 8.63. The molecule has 1 atom stereocenters. The van der Waals surface area contributed by atoms with Gasteiger partial charge in [-0.2, -0.15) is 0 Å². The summed E-state index contributed by atoms with van der Waals surface area (Å²) in [6, 6.07) is 14.6. The first kappa shape index (κ1) is 23.0. The molecular formula is C26H30FN3O3. The van der Waals surface area contributed by atoms with Crippen molar-refractivity contribution in [2.45, 2.75) is 31.7 Å². The molecule has 0 unspecified atom stereocenters. The number of aromatic nitrogens is 1. The van der Waals surface area contributed by atoms with Crippen LogP contribution in [-0.2, 0) is 17.8 Å². The lowest BCUT2D eigenvalue weighted by Crippen LogP contribution is -2.43. The molecule has 0 radical (unpaired) electrons. The predicted molar refractivity (Wildman–Crippen MR) is 124 cm³/mol. The molecule has 1 amide bonds. The third-order valence-electron chi connectivity index (χ3n) is 6.04. The van der Waals surface area contributed by atoms with Gasteiger partial charge in [0, 0.05) is 31.6 Å². The van der Waals surface area contributed by atoms with E-state index in [9.17, 15) is 9.18 Å². The number of piperidine rings is 1. The van der Waals surface area contributed by atoms with Gasteiger partial charge in [0.15, 0.2) is 5.89 Å². The number of halogens is 1. The highest BCUT2D eigenvalue weighted by atomic mass is 19.1. The maximum absolute atomic E-state index is 13.9. The Bertz CT molecular complexity index is 1070. The Morgan fingerprint density at radius 1 is 1.24 bits per heavy atom. The zero-order chi connectivity index (χ0) is 23.2. The molecule has 1 aromatic heterocycles. The van der Waals surface area contributed by atoms with Gasteiger partial charge in [-0.3, -0.25) is 9.69 Å². The van der Waals surface area contributed by atoms with Crippen LogP contribution in [0.25, 0.3) is 0 Å². The lowest BCUT2D eigenvalue weighted by Gasteiger charge is -2.32. The molecule has 0 bridgehead atoms. The van der Waals surface area contributed by atoms with E-state index in [1.807, 2.05) is 47.2 Å². The fourth-order valence-electron chi connectivity index (χ4n) is 4.25. The number of likely N-dealkylation sites (N-methyl/N-ethyl adjacent to an activating group) is 1. The first-order chi connectivity index (χ1) is 16.0. The average molecular weight is 452 g/mol. The predicted octanol–water partition coefficient (Wildman–Crippen LogP) is 4.25. The largest absolute Gasteiger partial charge is 0.497 e. The topological polar surface area (TPSA) is 58.8 Å². The van der Waals surface area contributed by atoms with E-state index in [0.29, 0.717) is 31.0 Å². The number of hydrogen-bond donors (Lipinski definition) is 0. The molecular weight excluding hydrogens is 421 g/mol. The molecule has 4 rings (SSSR count). The van der Waals surface area contributed by atoms with Crippen molar-refractivity contribution in [2.75, 3.05) is 33.8 Å². The summed E-state index contributed by atoms with van der Waals surface area (Å²) >= 11 is 0. The number of carbonyl (C=O) groups is 1. The van der Waals surface area contributed by atoms with Crippen LogP contribution in [0.1, 0.15) is 41.5 Å². The number of ether oxygens (including phenoxy) is 1. The van der Waals surface area contributed by atoms with E-state index in [-0.39, 0.29) is 24.2 Å². The summed E-state index contributed by atoms with van der Waals surface area (Å²) in [5.74, 6) is 2.21. The summed E-state index contributed by atoms with van der Waals surface area (Å²) in [6.07, 6.45) is 4.29. The summed E-state index contributed by atoms with van der Waals surface area (Å²) in [6.45, 7) is 1.96. The van der Waals surface area contributed by atoms with E-state index in [0.717, 1.165) is 36.5 Å². The molecule has 174 valence electrons. The van der Waals surface area contributed by atoms with E-state index in [2.05, 4.69) is 4.98 Å². The van der Waals surface area contributed by atoms with Crippen molar-refractivity contribution < 1.29 is 18.3 Å². The molecule has 0 saturated carbocycles. The van der Waals surface area contributed by atoms with E-state index in [1.165, 1.54) is 6.07 Å². The Kier molecular flexibility index (Phi) is 7.40. The van der Waals surface area contributed by atoms with Crippen molar-refractivity contribution in [3.05, 3.63) is 83.3 Å². The molecule has 1 aliphatic rings. The van der Waals surface area contributed by atoms with Crippen molar-refractivity contribution >= 4 is 5.91 Å². The van der Waals surface area contributed by atoms with Crippen LogP contribution in [0.2, 0.25) is 0 Å². The molecule has 2 aromatic carbocycles. The molecule has 0 aliphatic carbocycles. The number of rotatable bonds is 8. The van der Waals surface area contributed by atoms with E-state index >= 15 is 0 Å². The third kappa shape index (κ3) is 5.99. The van der Waals surface area contributed by atoms with Crippen molar-refractivity contribution in [3.63, 3.8) is 0 Å². The van der Waals surface area contributed by atoms with Crippen LogP contribution < -0.4 is 4.74 Å². The Hall–Kier alpha value is -3.19. The molecule has 33 heavy (non-hydrogen) atoms. The quantitative estimate of drug-likeness (QED) is 0.513. The van der Waals surface area contributed by atoms with Gasteiger partial charge in [-0.25, -0.2) is 9.37 Å². The summed E-state index contributed by atoms with van der Waals surface area (Å²) in [5.41, 5.74) is 1.71. The fraction of sp³-hybridized carbons (Fsp3) is 0.385. The van der Waals surface area contributed by atoms with Gasteiger partial charge < -0.3 is 14.1 Å². The zero-order valence-corrected chi connectivity index (χ0v) is 19.2. The molecule has 2 heterocycles. The monoisotopic (exact) mass is 451 g/mol. The SMILES string of the molecule is COc1ccc(Cc2cnc([C@@H]3CCCN(C(=O)CN(C)Cc4ccccc4F)C3)o2)cc1. The number of oxazole rings is 1. The molecule has 7 heteroatoms. The molecule has 3 aromatic rings. The van der Waals surface area contributed by atoms with Crippen LogP contribution in [0.4, 0.5) is 4.39 Å². The number of amides is 1. The van der Waals surface area contributed by atoms with Gasteiger partial charge in [0.25, 0.3) is 0 Å². The minimum Gasteiger partial charge on any atom is -0.497 e. The van der Waals surface area contributed by atoms with Crippen molar-refractivity contribution in [2.24, 2.45) is 0 Å². The number of carbonyl (C=O) groups excluding carboxylic acids is 1. The van der Waals surface area contributed by atoms with Crippen molar-refractivity contribution in [1.29, 1.82) is 0 Å². The molecule has 0 N–H and O–H groups in total. The van der Waals surface area contributed by atoms with Crippen LogP contribution in [0.3, 0.4) is 0 Å². The highest BCUT2D eigenvalue weighted by molar-refractivity contribution is 5.78. The Balaban J connectivity index is 1.32. The van der Waals surface area contributed by atoms with Gasteiger partial charge in [-0.05, 0) is 43.7 Å². The second kappa shape index (κ2) is 10.6. The van der Waals surface area contributed by atoms with Crippen molar-refractivity contribution in [3.8, 4) is 5.75 Å². The van der Waals surface area contributed by atoms with Gasteiger partial charge in [-0.15, -0.1) is 0 Å². The second-order valence-electron chi connectivity index (χ2n) is 8.63. The minimum atomic E-state index is -0.246. The molecule has 1 saturated heterocycles. The maximum atomic E-state index is 13.9. The number of hydrogen-bond acceptors (Lipinski definition) is 5. The number of nitrogens with zero attached hydrogens (tertiary/aromatic N) is 3. The highest BCUT2D eigenvalue weighted by Crippen LogP contribution is 2.27. The van der Waals surface area contributed by atoms with Crippen LogP contribution >= 0.6 is 0 Å². The number of benzene rings is 2. The van der Waals surface area contributed by atoms with Crippen LogP contribution in [0.15, 0.2) is 59.1 Å². The smallest absolute Gasteiger partial charge is 0.236 e. The van der Waals surface area contributed by atoms with E-state index in [4.69, 9.17) is 9.15 Å². The standard InChI is InChI=1S/C26H30FN3O3/c1-29(16-20-6-3-4-8-24(20)27)18-25(31)30-13-5-7-21(17-30)26-28-15-23(33-26)14-19-9-11-22(32-2)12-10-19/h3-4,6,8-12,15,21H,5,7,13-14,16-18H2,1-2H3/t21-/m1/s1.